The molecule has 0 unspecified atom stereocenters. The zero-order valence-electron chi connectivity index (χ0n) is 17.7. The first kappa shape index (κ1) is 22.1. The van der Waals surface area contributed by atoms with Crippen LogP contribution in [0, 0.1) is 0 Å². The molecule has 0 radical (unpaired) electrons. The molecule has 32 heavy (non-hydrogen) atoms. The van der Waals surface area contributed by atoms with Crippen molar-refractivity contribution in [1.29, 1.82) is 0 Å². The molecule has 2 aliphatic rings. The normalized spacial score (nSPS) is 15.9. The lowest BCUT2D eigenvalue weighted by Gasteiger charge is -2.36. The first-order chi connectivity index (χ1) is 15.5. The van der Waals surface area contributed by atoms with Gasteiger partial charge in [-0.05, 0) is 24.3 Å². The van der Waals surface area contributed by atoms with Gasteiger partial charge in [0.05, 0.1) is 6.54 Å². The zero-order valence-corrected chi connectivity index (χ0v) is 18.5. The number of rotatable bonds is 6. The molecule has 1 fully saturated rings. The number of anilines is 1. The highest BCUT2D eigenvalue weighted by atomic mass is 32.2. The summed E-state index contributed by atoms with van der Waals surface area (Å²) in [6, 6.07) is 3.89. The maximum Gasteiger partial charge on any atom is 0.328 e. The molecule has 0 aliphatic carbocycles. The smallest absolute Gasteiger partial charge is 0.328 e. The van der Waals surface area contributed by atoms with E-state index in [0.717, 1.165) is 24.5 Å². The second kappa shape index (κ2) is 10.0. The molecule has 0 aromatic carbocycles. The van der Waals surface area contributed by atoms with E-state index in [2.05, 4.69) is 20.2 Å². The Morgan fingerprint density at radius 3 is 2.62 bits per heavy atom. The van der Waals surface area contributed by atoms with Gasteiger partial charge in [-0.15, -0.1) is 0 Å². The van der Waals surface area contributed by atoms with Gasteiger partial charge in [-0.1, -0.05) is 0 Å². The molecule has 170 valence electrons. The quantitative estimate of drug-likeness (QED) is 0.603. The van der Waals surface area contributed by atoms with Crippen molar-refractivity contribution in [3.63, 3.8) is 0 Å². The van der Waals surface area contributed by atoms with E-state index in [9.17, 15) is 19.2 Å². The number of aromatic amines is 1. The fraction of sp³-hybridized carbons (Fsp3) is 0.476. The molecular weight excluding hydrogens is 432 g/mol. The monoisotopic (exact) mass is 458 g/mol. The van der Waals surface area contributed by atoms with Crippen LogP contribution in [-0.2, 0) is 28.3 Å². The Balaban J connectivity index is 1.25. The average molecular weight is 459 g/mol. The van der Waals surface area contributed by atoms with Gasteiger partial charge in [0, 0.05) is 74.2 Å². The number of carbonyl (C=O) groups is 2. The third kappa shape index (κ3) is 5.04. The van der Waals surface area contributed by atoms with Crippen molar-refractivity contribution in [1.82, 2.24) is 24.8 Å². The van der Waals surface area contributed by atoms with E-state index < -0.39 is 5.69 Å². The number of nitrogens with one attached hydrogen (secondary N) is 2. The van der Waals surface area contributed by atoms with E-state index >= 15 is 0 Å². The lowest BCUT2D eigenvalue weighted by atomic mass is 10.2. The van der Waals surface area contributed by atoms with Crippen LogP contribution in [0.1, 0.15) is 17.7 Å². The van der Waals surface area contributed by atoms with Crippen LogP contribution in [0.2, 0.25) is 0 Å². The molecule has 0 saturated carbocycles. The molecule has 0 atom stereocenters. The highest BCUT2D eigenvalue weighted by Crippen LogP contribution is 2.20. The van der Waals surface area contributed by atoms with Crippen LogP contribution >= 0.6 is 11.8 Å². The first-order valence-electron chi connectivity index (χ1n) is 10.6. The molecule has 4 rings (SSSR count). The fourth-order valence-corrected chi connectivity index (χ4v) is 5.01. The van der Waals surface area contributed by atoms with Crippen molar-refractivity contribution in [3.8, 4) is 0 Å². The Labute approximate surface area is 189 Å². The summed E-state index contributed by atoms with van der Waals surface area (Å²) in [7, 11) is 0. The highest BCUT2D eigenvalue weighted by Gasteiger charge is 2.22. The lowest BCUT2D eigenvalue weighted by molar-refractivity contribution is -0.133. The van der Waals surface area contributed by atoms with E-state index in [-0.39, 0.29) is 36.9 Å². The summed E-state index contributed by atoms with van der Waals surface area (Å²) in [5.74, 6) is 0.986. The topological polar surface area (TPSA) is 120 Å². The van der Waals surface area contributed by atoms with Crippen LogP contribution in [0.3, 0.4) is 0 Å². The van der Waals surface area contributed by atoms with Crippen LogP contribution in [0.15, 0.2) is 34.1 Å². The van der Waals surface area contributed by atoms with Crippen LogP contribution in [0.25, 0.3) is 0 Å². The molecule has 0 spiro atoms. The summed E-state index contributed by atoms with van der Waals surface area (Å²) in [6.45, 7) is 2.74. The standard InChI is InChI=1S/C21H26N6O4S/c28-18(3-7-27-17-4-12-32-14-16(17)20(30)24-21(27)31)23-13-19(29)26-10-8-25(9-11-26)15-1-5-22-6-2-15/h1-2,5-6H,3-4,7-14H2,(H,23,28)(H,24,30,31). The van der Waals surface area contributed by atoms with Crippen molar-refractivity contribution in [2.75, 3.05) is 43.4 Å². The molecule has 2 aromatic rings. The molecule has 0 bridgehead atoms. The van der Waals surface area contributed by atoms with Crippen molar-refractivity contribution in [3.05, 3.63) is 56.6 Å². The van der Waals surface area contributed by atoms with E-state index in [4.69, 9.17) is 0 Å². The third-order valence-corrected chi connectivity index (χ3v) is 6.79. The van der Waals surface area contributed by atoms with Crippen molar-refractivity contribution in [2.24, 2.45) is 0 Å². The molecule has 2 aliphatic heterocycles. The number of fused-ring (bicyclic) bond motifs is 1. The number of pyridine rings is 1. The van der Waals surface area contributed by atoms with Crippen LogP contribution in [0.5, 0.6) is 0 Å². The zero-order chi connectivity index (χ0) is 22.5. The minimum atomic E-state index is -0.489. The van der Waals surface area contributed by atoms with Gasteiger partial charge in [0.25, 0.3) is 5.56 Å². The van der Waals surface area contributed by atoms with Crippen LogP contribution in [0.4, 0.5) is 5.69 Å². The number of hydrogen-bond donors (Lipinski definition) is 2. The molecule has 1 saturated heterocycles. The largest absolute Gasteiger partial charge is 0.368 e. The molecule has 2 N–H and O–H groups in total. The first-order valence-corrected chi connectivity index (χ1v) is 11.8. The number of H-pyrrole nitrogens is 1. The van der Waals surface area contributed by atoms with Crippen molar-refractivity contribution >= 4 is 29.3 Å². The van der Waals surface area contributed by atoms with E-state index in [1.165, 1.54) is 4.57 Å². The maximum absolute atomic E-state index is 12.5. The average Bonchev–Trinajstić information content (AvgIpc) is 2.83. The molecule has 4 heterocycles. The number of amides is 2. The number of nitrogens with zero attached hydrogens (tertiary/aromatic N) is 4. The third-order valence-electron chi connectivity index (χ3n) is 5.80. The Morgan fingerprint density at radius 2 is 1.88 bits per heavy atom. The minimum absolute atomic E-state index is 0.0641. The van der Waals surface area contributed by atoms with E-state index in [0.29, 0.717) is 36.5 Å². The summed E-state index contributed by atoms with van der Waals surface area (Å²) in [6.07, 6.45) is 4.19. The predicted octanol–water partition coefficient (Wildman–Crippen LogP) is -0.424. The van der Waals surface area contributed by atoms with Gasteiger partial charge >= 0.3 is 5.69 Å². The van der Waals surface area contributed by atoms with Crippen LogP contribution < -0.4 is 21.5 Å². The minimum Gasteiger partial charge on any atom is -0.368 e. The molecule has 11 heteroatoms. The van der Waals surface area contributed by atoms with Crippen molar-refractivity contribution in [2.45, 2.75) is 25.1 Å². The SMILES string of the molecule is O=C(CCn1c2c(c(=O)[nH]c1=O)CSCC2)NCC(=O)N1CCN(c2ccncc2)CC1. The maximum atomic E-state index is 12.5. The van der Waals surface area contributed by atoms with Crippen LogP contribution in [-0.4, -0.2) is 69.7 Å². The van der Waals surface area contributed by atoms with Crippen molar-refractivity contribution < 1.29 is 9.59 Å². The lowest BCUT2D eigenvalue weighted by Crippen LogP contribution is -2.51. The summed E-state index contributed by atoms with van der Waals surface area (Å²) in [5.41, 5.74) is 1.58. The second-order valence-corrected chi connectivity index (χ2v) is 8.84. The fourth-order valence-electron chi connectivity index (χ4n) is 4.03. The number of aromatic nitrogens is 3. The van der Waals surface area contributed by atoms with E-state index in [1.807, 2.05) is 12.1 Å². The van der Waals surface area contributed by atoms with Gasteiger partial charge in [0.1, 0.15) is 0 Å². The summed E-state index contributed by atoms with van der Waals surface area (Å²) in [4.78, 5) is 59.3. The molecule has 2 aromatic heterocycles. The summed E-state index contributed by atoms with van der Waals surface area (Å²) < 4.78 is 1.48. The Hall–Kier alpha value is -3.08. The van der Waals surface area contributed by atoms with Gasteiger partial charge in [0.2, 0.25) is 11.8 Å². The molecule has 2 amide bonds. The number of hydrogen-bond acceptors (Lipinski definition) is 7. The van der Waals surface area contributed by atoms with Gasteiger partial charge in [-0.2, -0.15) is 11.8 Å². The Kier molecular flexibility index (Phi) is 6.93. The molecular formula is C21H26N6O4S. The second-order valence-electron chi connectivity index (χ2n) is 7.74. The predicted molar refractivity (Wildman–Crippen MR) is 122 cm³/mol. The highest BCUT2D eigenvalue weighted by molar-refractivity contribution is 7.98. The summed E-state index contributed by atoms with van der Waals surface area (Å²) >= 11 is 1.65. The molecule has 10 nitrogen and oxygen atoms in total. The Morgan fingerprint density at radius 1 is 1.12 bits per heavy atom. The number of carbonyl (C=O) groups excluding carboxylic acids is 2. The van der Waals surface area contributed by atoms with Gasteiger partial charge in [-0.25, -0.2) is 4.79 Å². The summed E-state index contributed by atoms with van der Waals surface area (Å²) in [5, 5.41) is 2.66. The number of piperazine rings is 1. The van der Waals surface area contributed by atoms with Gasteiger partial charge in [0.15, 0.2) is 0 Å². The van der Waals surface area contributed by atoms with E-state index in [1.54, 1.807) is 29.1 Å². The van der Waals surface area contributed by atoms with Gasteiger partial charge in [-0.3, -0.25) is 28.9 Å². The Bertz CT molecular complexity index is 1090. The van der Waals surface area contributed by atoms with Gasteiger partial charge < -0.3 is 15.1 Å². The number of thioether (sulfide) groups is 1.